The van der Waals surface area contributed by atoms with Crippen molar-refractivity contribution < 1.29 is 10.0 Å². The monoisotopic (exact) mass is 258 g/mol. The third kappa shape index (κ3) is 2.24. The van der Waals surface area contributed by atoms with E-state index in [4.69, 9.17) is 5.21 Å². The lowest BCUT2D eigenvalue weighted by Gasteiger charge is -2.07. The number of nitrogens with zero attached hydrogens (tertiary/aromatic N) is 1. The highest BCUT2D eigenvalue weighted by atomic mass is 16.5. The number of benzene rings is 1. The molecule has 2 aromatic rings. The maximum absolute atomic E-state index is 12.3. The molecule has 1 aromatic carbocycles. The van der Waals surface area contributed by atoms with Gasteiger partial charge in [0.25, 0.3) is 11.5 Å². The summed E-state index contributed by atoms with van der Waals surface area (Å²) < 4.78 is 1.70. The van der Waals surface area contributed by atoms with Crippen LogP contribution in [0.2, 0.25) is 0 Å². The van der Waals surface area contributed by atoms with Gasteiger partial charge < -0.3 is 4.57 Å². The summed E-state index contributed by atoms with van der Waals surface area (Å²) in [6.45, 7) is 0.741. The van der Waals surface area contributed by atoms with Crippen LogP contribution in [-0.2, 0) is 6.54 Å². The largest absolute Gasteiger partial charge is 0.315 e. The molecule has 0 aliphatic heterocycles. The molecule has 0 saturated heterocycles. The first-order valence-electron chi connectivity index (χ1n) is 6.26. The number of amides is 1. The summed E-state index contributed by atoms with van der Waals surface area (Å²) in [7, 11) is 0. The van der Waals surface area contributed by atoms with E-state index in [9.17, 15) is 9.59 Å². The van der Waals surface area contributed by atoms with E-state index in [0.717, 1.165) is 11.9 Å². The third-order valence-electron chi connectivity index (χ3n) is 3.49. The van der Waals surface area contributed by atoms with E-state index in [1.54, 1.807) is 28.4 Å². The molecule has 1 amide bonds. The second-order valence-electron chi connectivity index (χ2n) is 4.96. The Morgan fingerprint density at radius 1 is 1.37 bits per heavy atom. The second-order valence-corrected chi connectivity index (χ2v) is 4.96. The zero-order chi connectivity index (χ0) is 13.4. The summed E-state index contributed by atoms with van der Waals surface area (Å²) in [6, 6.07) is 6.69. The number of fused-ring (bicyclic) bond motifs is 1. The number of hydrogen-bond donors (Lipinski definition) is 2. The quantitative estimate of drug-likeness (QED) is 0.648. The molecule has 1 aromatic heterocycles. The number of aromatic nitrogens is 1. The summed E-state index contributed by atoms with van der Waals surface area (Å²) in [6.07, 6.45) is 4.16. The standard InChI is InChI=1S/C14H14N2O3/c17-13(15-19)11-4-3-10-5-6-16(8-9-1-2-9)14(18)12(10)7-11/h3-7,9,19H,1-2,8H2,(H,15,17). The summed E-state index contributed by atoms with van der Waals surface area (Å²) in [5.74, 6) is -0.00188. The highest BCUT2D eigenvalue weighted by Gasteiger charge is 2.22. The number of hydrogen-bond acceptors (Lipinski definition) is 3. The van der Waals surface area contributed by atoms with Gasteiger partial charge in [0.2, 0.25) is 0 Å². The molecule has 19 heavy (non-hydrogen) atoms. The molecule has 0 atom stereocenters. The fourth-order valence-corrected chi connectivity index (χ4v) is 2.21. The molecule has 0 unspecified atom stereocenters. The van der Waals surface area contributed by atoms with E-state index in [2.05, 4.69) is 0 Å². The van der Waals surface area contributed by atoms with Gasteiger partial charge in [-0.15, -0.1) is 0 Å². The number of rotatable bonds is 3. The van der Waals surface area contributed by atoms with Crippen molar-refractivity contribution in [3.63, 3.8) is 0 Å². The topological polar surface area (TPSA) is 71.3 Å². The van der Waals surface area contributed by atoms with Crippen LogP contribution in [0.15, 0.2) is 35.3 Å². The van der Waals surface area contributed by atoms with Gasteiger partial charge in [0.15, 0.2) is 0 Å². The Hall–Kier alpha value is -2.14. The van der Waals surface area contributed by atoms with Gasteiger partial charge in [0, 0.05) is 23.7 Å². The minimum absolute atomic E-state index is 0.0861. The van der Waals surface area contributed by atoms with Crippen molar-refractivity contribution in [3.8, 4) is 0 Å². The highest BCUT2D eigenvalue weighted by molar-refractivity contribution is 5.97. The van der Waals surface area contributed by atoms with Crippen LogP contribution < -0.4 is 11.0 Å². The number of nitrogens with one attached hydrogen (secondary N) is 1. The van der Waals surface area contributed by atoms with Crippen molar-refractivity contribution in [2.75, 3.05) is 0 Å². The molecule has 0 spiro atoms. The van der Waals surface area contributed by atoms with Crippen molar-refractivity contribution in [1.82, 2.24) is 10.0 Å². The van der Waals surface area contributed by atoms with Gasteiger partial charge >= 0.3 is 0 Å². The molecule has 1 aliphatic rings. The minimum Gasteiger partial charge on any atom is -0.315 e. The first-order chi connectivity index (χ1) is 9.19. The predicted molar refractivity (Wildman–Crippen MR) is 70.2 cm³/mol. The molecule has 1 heterocycles. The highest BCUT2D eigenvalue weighted by Crippen LogP contribution is 2.30. The summed E-state index contributed by atoms with van der Waals surface area (Å²) in [5, 5.41) is 9.93. The first-order valence-corrected chi connectivity index (χ1v) is 6.26. The summed E-state index contributed by atoms with van der Waals surface area (Å²) in [5.41, 5.74) is 1.76. The van der Waals surface area contributed by atoms with Gasteiger partial charge in [-0.25, -0.2) is 5.48 Å². The van der Waals surface area contributed by atoms with E-state index in [0.29, 0.717) is 11.3 Å². The van der Waals surface area contributed by atoms with Crippen LogP contribution in [0.3, 0.4) is 0 Å². The van der Waals surface area contributed by atoms with Crippen molar-refractivity contribution in [3.05, 3.63) is 46.4 Å². The van der Waals surface area contributed by atoms with Gasteiger partial charge in [0.05, 0.1) is 0 Å². The molecule has 0 bridgehead atoms. The van der Waals surface area contributed by atoms with Crippen LogP contribution in [0.1, 0.15) is 23.2 Å². The van der Waals surface area contributed by atoms with Crippen molar-refractivity contribution in [1.29, 1.82) is 0 Å². The maximum atomic E-state index is 12.3. The van der Waals surface area contributed by atoms with Gasteiger partial charge in [-0.2, -0.15) is 0 Å². The average Bonchev–Trinajstić information content (AvgIpc) is 3.25. The number of carbonyl (C=O) groups is 1. The van der Waals surface area contributed by atoms with Crippen molar-refractivity contribution >= 4 is 16.7 Å². The molecule has 5 heteroatoms. The SMILES string of the molecule is O=C(NO)c1ccc2ccn(CC3CC3)c(=O)c2c1. The van der Waals surface area contributed by atoms with Gasteiger partial charge in [-0.3, -0.25) is 14.8 Å². The molecular formula is C14H14N2O3. The Labute approximate surface area is 109 Å². The Balaban J connectivity index is 2.10. The van der Waals surface area contributed by atoms with Gasteiger partial charge in [-0.05, 0) is 42.3 Å². The van der Waals surface area contributed by atoms with Crippen LogP contribution in [-0.4, -0.2) is 15.7 Å². The first kappa shape index (κ1) is 11.9. The zero-order valence-electron chi connectivity index (χ0n) is 10.3. The minimum atomic E-state index is -0.612. The van der Waals surface area contributed by atoms with Crippen molar-refractivity contribution in [2.24, 2.45) is 5.92 Å². The van der Waals surface area contributed by atoms with Crippen molar-refractivity contribution in [2.45, 2.75) is 19.4 Å². The normalized spacial score (nSPS) is 14.6. The van der Waals surface area contributed by atoms with E-state index in [-0.39, 0.29) is 11.1 Å². The zero-order valence-corrected chi connectivity index (χ0v) is 10.3. The lowest BCUT2D eigenvalue weighted by atomic mass is 10.1. The van der Waals surface area contributed by atoms with Gasteiger partial charge in [-0.1, -0.05) is 6.07 Å². The maximum Gasteiger partial charge on any atom is 0.274 e. The lowest BCUT2D eigenvalue weighted by molar-refractivity contribution is 0.0706. The second kappa shape index (κ2) is 4.51. The molecule has 5 nitrogen and oxygen atoms in total. The van der Waals surface area contributed by atoms with Gasteiger partial charge in [0.1, 0.15) is 0 Å². The smallest absolute Gasteiger partial charge is 0.274 e. The Morgan fingerprint density at radius 2 is 2.16 bits per heavy atom. The number of pyridine rings is 1. The molecule has 3 rings (SSSR count). The molecule has 1 aliphatic carbocycles. The van der Waals surface area contributed by atoms with Crippen LogP contribution in [0.4, 0.5) is 0 Å². The Bertz CT molecular complexity index is 701. The van der Waals surface area contributed by atoms with Crippen LogP contribution in [0.5, 0.6) is 0 Å². The molecule has 98 valence electrons. The number of carbonyl (C=O) groups excluding carboxylic acids is 1. The van der Waals surface area contributed by atoms with E-state index >= 15 is 0 Å². The average molecular weight is 258 g/mol. The van der Waals surface area contributed by atoms with Crippen LogP contribution >= 0.6 is 0 Å². The molecule has 1 saturated carbocycles. The Morgan fingerprint density at radius 3 is 2.84 bits per heavy atom. The predicted octanol–water partition coefficient (Wildman–Crippen LogP) is 1.53. The molecule has 1 fully saturated rings. The lowest BCUT2D eigenvalue weighted by Crippen LogP contribution is -2.22. The fourth-order valence-electron chi connectivity index (χ4n) is 2.21. The van der Waals surface area contributed by atoms with Crippen LogP contribution in [0.25, 0.3) is 10.8 Å². The van der Waals surface area contributed by atoms with Crippen LogP contribution in [0, 0.1) is 5.92 Å². The van der Waals surface area contributed by atoms with E-state index in [1.807, 2.05) is 6.07 Å². The Kier molecular flexibility index (Phi) is 2.83. The van der Waals surface area contributed by atoms with E-state index in [1.165, 1.54) is 18.9 Å². The summed E-state index contributed by atoms with van der Waals surface area (Å²) >= 11 is 0. The molecular weight excluding hydrogens is 244 g/mol. The third-order valence-corrected chi connectivity index (χ3v) is 3.49. The fraction of sp³-hybridized carbons (Fsp3) is 0.286. The molecule has 0 radical (unpaired) electrons. The van der Waals surface area contributed by atoms with E-state index < -0.39 is 5.91 Å². The molecule has 2 N–H and O–H groups in total. The summed E-state index contributed by atoms with van der Waals surface area (Å²) in [4.78, 5) is 23.7. The number of hydroxylamine groups is 1.